The third-order valence-corrected chi connectivity index (χ3v) is 5.60. The minimum absolute atomic E-state index is 0.0359. The topological polar surface area (TPSA) is 34.5 Å². The fourth-order valence-corrected chi connectivity index (χ4v) is 4.11. The zero-order valence-corrected chi connectivity index (χ0v) is 16.7. The number of carbonyl (C=O) groups is 1. The Morgan fingerprint density at radius 1 is 1.07 bits per heavy atom. The Morgan fingerprint density at radius 3 is 2.59 bits per heavy atom. The van der Waals surface area contributed by atoms with Crippen molar-refractivity contribution in [3.63, 3.8) is 0 Å². The molecule has 1 atom stereocenters. The highest BCUT2D eigenvalue weighted by Crippen LogP contribution is 2.35. The minimum Gasteiger partial charge on any atom is -0.494 e. The molecule has 4 rings (SSSR count). The molecule has 1 aliphatic rings. The normalized spacial score (nSPS) is 16.1. The fraction of sp³-hybridized carbons (Fsp3) is 0.227. The number of rotatable bonds is 4. The highest BCUT2D eigenvalue weighted by atomic mass is 79.9. The highest BCUT2D eigenvalue weighted by Gasteiger charge is 2.33. The number of fused-ring (bicyclic) bond motifs is 1. The lowest BCUT2D eigenvalue weighted by atomic mass is 9.98. The summed E-state index contributed by atoms with van der Waals surface area (Å²) in [7, 11) is 0. The molecule has 3 aromatic rings. The van der Waals surface area contributed by atoms with Gasteiger partial charge in [0.05, 0.1) is 18.2 Å². The number of aromatic nitrogens is 1. The number of hydrogen-bond donors (Lipinski definition) is 0. The van der Waals surface area contributed by atoms with Gasteiger partial charge in [-0.15, -0.1) is 0 Å². The van der Waals surface area contributed by atoms with E-state index in [0.29, 0.717) is 18.7 Å². The third-order valence-electron chi connectivity index (χ3n) is 4.91. The lowest BCUT2D eigenvalue weighted by molar-refractivity contribution is 0.0663. The Kier molecular flexibility index (Phi) is 5.03. The van der Waals surface area contributed by atoms with Crippen molar-refractivity contribution >= 4 is 21.8 Å². The van der Waals surface area contributed by atoms with E-state index in [1.54, 1.807) is 0 Å². The molecule has 0 saturated heterocycles. The summed E-state index contributed by atoms with van der Waals surface area (Å²) in [4.78, 5) is 15.3. The first-order valence-electron chi connectivity index (χ1n) is 9.12. The van der Waals surface area contributed by atoms with Gasteiger partial charge in [0.15, 0.2) is 0 Å². The second-order valence-corrected chi connectivity index (χ2v) is 7.36. The molecule has 1 aliphatic heterocycles. The molecule has 5 heteroatoms. The lowest BCUT2D eigenvalue weighted by Gasteiger charge is -2.37. The molecule has 1 amide bonds. The maximum Gasteiger partial charge on any atom is 0.255 e. The molecule has 1 unspecified atom stereocenters. The molecule has 0 saturated carbocycles. The van der Waals surface area contributed by atoms with Crippen molar-refractivity contribution in [2.45, 2.75) is 19.5 Å². The van der Waals surface area contributed by atoms with E-state index >= 15 is 0 Å². The zero-order valence-electron chi connectivity index (χ0n) is 15.1. The summed E-state index contributed by atoms with van der Waals surface area (Å²) in [6.45, 7) is 4.07. The van der Waals surface area contributed by atoms with Crippen LogP contribution in [-0.2, 0) is 6.54 Å². The molecular formula is C22H21BrN2O2. The van der Waals surface area contributed by atoms with Crippen LogP contribution in [0.2, 0.25) is 0 Å². The van der Waals surface area contributed by atoms with Crippen LogP contribution in [0.15, 0.2) is 71.3 Å². The van der Waals surface area contributed by atoms with Crippen LogP contribution in [0.25, 0.3) is 0 Å². The monoisotopic (exact) mass is 424 g/mol. The van der Waals surface area contributed by atoms with E-state index < -0.39 is 0 Å². The van der Waals surface area contributed by atoms with Crippen LogP contribution in [0.1, 0.15) is 34.6 Å². The average Bonchev–Trinajstić information content (AvgIpc) is 3.17. The van der Waals surface area contributed by atoms with Crippen molar-refractivity contribution in [1.82, 2.24) is 9.47 Å². The van der Waals surface area contributed by atoms with E-state index in [4.69, 9.17) is 4.74 Å². The number of nitrogens with zero attached hydrogens (tertiary/aromatic N) is 2. The Labute approximate surface area is 167 Å². The van der Waals surface area contributed by atoms with Gasteiger partial charge in [-0.1, -0.05) is 24.3 Å². The summed E-state index contributed by atoms with van der Waals surface area (Å²) in [5.41, 5.74) is 2.90. The summed E-state index contributed by atoms with van der Waals surface area (Å²) >= 11 is 3.52. The predicted octanol–water partition coefficient (Wildman–Crippen LogP) is 4.89. The van der Waals surface area contributed by atoms with Gasteiger partial charge in [-0.05, 0) is 64.8 Å². The Morgan fingerprint density at radius 2 is 1.85 bits per heavy atom. The largest absolute Gasteiger partial charge is 0.494 e. The maximum absolute atomic E-state index is 13.4. The number of hydrogen-bond acceptors (Lipinski definition) is 2. The summed E-state index contributed by atoms with van der Waals surface area (Å²) in [5.74, 6) is 0.880. The van der Waals surface area contributed by atoms with Gasteiger partial charge in [0, 0.05) is 29.5 Å². The van der Waals surface area contributed by atoms with Gasteiger partial charge in [0.2, 0.25) is 0 Å². The number of ether oxygens (including phenoxy) is 1. The number of benzene rings is 2. The van der Waals surface area contributed by atoms with Gasteiger partial charge in [-0.3, -0.25) is 4.79 Å². The molecule has 0 bridgehead atoms. The van der Waals surface area contributed by atoms with Crippen molar-refractivity contribution < 1.29 is 9.53 Å². The minimum atomic E-state index is -0.121. The Balaban J connectivity index is 1.74. The van der Waals surface area contributed by atoms with Crippen LogP contribution >= 0.6 is 15.9 Å². The highest BCUT2D eigenvalue weighted by molar-refractivity contribution is 9.10. The Bertz CT molecular complexity index is 949. The van der Waals surface area contributed by atoms with Crippen LogP contribution in [0.4, 0.5) is 0 Å². The van der Waals surface area contributed by atoms with Crippen molar-refractivity contribution in [2.24, 2.45) is 0 Å². The smallest absolute Gasteiger partial charge is 0.255 e. The van der Waals surface area contributed by atoms with Gasteiger partial charge < -0.3 is 14.2 Å². The summed E-state index contributed by atoms with van der Waals surface area (Å²) in [5, 5.41) is 0. The quantitative estimate of drug-likeness (QED) is 0.596. The van der Waals surface area contributed by atoms with Gasteiger partial charge >= 0.3 is 0 Å². The molecular weight excluding hydrogens is 404 g/mol. The van der Waals surface area contributed by atoms with E-state index in [1.807, 2.05) is 54.3 Å². The van der Waals surface area contributed by atoms with E-state index in [2.05, 4.69) is 44.9 Å². The van der Waals surface area contributed by atoms with Gasteiger partial charge in [-0.25, -0.2) is 0 Å². The van der Waals surface area contributed by atoms with Gasteiger partial charge in [0.25, 0.3) is 5.91 Å². The molecule has 4 nitrogen and oxygen atoms in total. The third kappa shape index (κ3) is 3.39. The molecule has 0 aliphatic carbocycles. The molecule has 2 aromatic carbocycles. The summed E-state index contributed by atoms with van der Waals surface area (Å²) < 4.78 is 8.62. The van der Waals surface area contributed by atoms with Crippen molar-refractivity contribution in [3.8, 4) is 5.75 Å². The van der Waals surface area contributed by atoms with E-state index in [0.717, 1.165) is 28.0 Å². The van der Waals surface area contributed by atoms with Crippen molar-refractivity contribution in [1.29, 1.82) is 0 Å². The van der Waals surface area contributed by atoms with Crippen LogP contribution in [0, 0.1) is 0 Å². The Hall–Kier alpha value is -2.53. The first kappa shape index (κ1) is 17.9. The lowest BCUT2D eigenvalue weighted by Crippen LogP contribution is -2.42. The second-order valence-electron chi connectivity index (χ2n) is 6.51. The predicted molar refractivity (Wildman–Crippen MR) is 109 cm³/mol. The molecule has 0 N–H and O–H groups in total. The van der Waals surface area contributed by atoms with Crippen LogP contribution in [-0.4, -0.2) is 28.5 Å². The van der Waals surface area contributed by atoms with Crippen LogP contribution < -0.4 is 4.74 Å². The van der Waals surface area contributed by atoms with Gasteiger partial charge in [0.1, 0.15) is 5.75 Å². The van der Waals surface area contributed by atoms with Crippen molar-refractivity contribution in [2.75, 3.05) is 13.2 Å². The molecule has 27 heavy (non-hydrogen) atoms. The van der Waals surface area contributed by atoms with Crippen LogP contribution in [0.5, 0.6) is 5.75 Å². The zero-order chi connectivity index (χ0) is 18.8. The van der Waals surface area contributed by atoms with Crippen molar-refractivity contribution in [3.05, 3.63) is 88.2 Å². The molecule has 2 heterocycles. The first-order chi connectivity index (χ1) is 13.2. The summed E-state index contributed by atoms with van der Waals surface area (Å²) in [6, 6.07) is 19.7. The average molecular weight is 425 g/mol. The van der Waals surface area contributed by atoms with E-state index in [9.17, 15) is 4.79 Å². The molecule has 0 radical (unpaired) electrons. The maximum atomic E-state index is 13.4. The molecule has 138 valence electrons. The second kappa shape index (κ2) is 7.61. The molecule has 0 fully saturated rings. The molecule has 0 spiro atoms. The summed E-state index contributed by atoms with van der Waals surface area (Å²) in [6.07, 6.45) is 2.08. The van der Waals surface area contributed by atoms with Crippen LogP contribution in [0.3, 0.4) is 0 Å². The molecule has 1 aromatic heterocycles. The SMILES string of the molecule is CCOc1ccc(C2c3cccn3CCN2C(=O)c2ccccc2Br)cc1. The number of halogens is 1. The number of carbonyl (C=O) groups excluding carboxylic acids is 1. The van der Waals surface area contributed by atoms with Gasteiger partial charge in [-0.2, -0.15) is 0 Å². The van der Waals surface area contributed by atoms with E-state index in [-0.39, 0.29) is 11.9 Å². The standard InChI is InChI=1S/C22H21BrN2O2/c1-2-27-17-11-9-16(10-12-17)21-20-8-5-13-24(20)14-15-25(21)22(26)18-6-3-4-7-19(18)23/h3-13,21H,2,14-15H2,1H3. The first-order valence-corrected chi connectivity index (χ1v) is 9.91. The number of amides is 1. The fourth-order valence-electron chi connectivity index (χ4n) is 3.66. The van der Waals surface area contributed by atoms with E-state index in [1.165, 1.54) is 0 Å².